The molecule has 2 aliphatic heterocycles. The minimum atomic E-state index is -1.33. The third-order valence-corrected chi connectivity index (χ3v) is 6.51. The van der Waals surface area contributed by atoms with Crippen molar-refractivity contribution in [2.45, 2.75) is 31.0 Å². The molecule has 1 atom stereocenters. The van der Waals surface area contributed by atoms with Crippen LogP contribution in [-0.4, -0.2) is 78.9 Å². The van der Waals surface area contributed by atoms with Crippen molar-refractivity contribution in [1.82, 2.24) is 4.90 Å². The molecule has 2 N–H and O–H groups in total. The Hall–Kier alpha value is -2.26. The van der Waals surface area contributed by atoms with Gasteiger partial charge >= 0.3 is 0 Å². The number of halogens is 2. The maximum absolute atomic E-state index is 13.4. The zero-order chi connectivity index (χ0) is 23.5. The average Bonchev–Trinajstić information content (AvgIpc) is 2.97. The Labute approximate surface area is 193 Å². The molecule has 0 spiro atoms. The summed E-state index contributed by atoms with van der Waals surface area (Å²) < 4.78 is 37.7. The molecular formula is C25H32F2N2O4. The first kappa shape index (κ1) is 23.9. The molecule has 33 heavy (non-hydrogen) atoms. The molecule has 0 saturated carbocycles. The lowest BCUT2D eigenvalue weighted by Gasteiger charge is -2.42. The quantitative estimate of drug-likeness (QED) is 0.689. The number of nitrogens with zero attached hydrogens (tertiary/aromatic N) is 2. The van der Waals surface area contributed by atoms with Gasteiger partial charge in [0.15, 0.2) is 11.6 Å². The highest BCUT2D eigenvalue weighted by Crippen LogP contribution is 2.30. The van der Waals surface area contributed by atoms with Gasteiger partial charge in [-0.05, 0) is 43.5 Å². The van der Waals surface area contributed by atoms with Gasteiger partial charge in [0.2, 0.25) is 0 Å². The van der Waals surface area contributed by atoms with Crippen LogP contribution in [0.2, 0.25) is 0 Å². The number of anilines is 1. The molecule has 8 heteroatoms. The van der Waals surface area contributed by atoms with E-state index < -0.39 is 22.8 Å². The minimum absolute atomic E-state index is 0.0622. The smallest absolute Gasteiger partial charge is 0.162 e. The Morgan fingerprint density at radius 2 is 1.76 bits per heavy atom. The second-order valence-electron chi connectivity index (χ2n) is 9.35. The van der Waals surface area contributed by atoms with E-state index in [0.29, 0.717) is 32.5 Å². The fourth-order valence-corrected chi connectivity index (χ4v) is 4.66. The summed E-state index contributed by atoms with van der Waals surface area (Å²) in [6.45, 7) is 5.23. The monoisotopic (exact) mass is 462 g/mol. The highest BCUT2D eigenvalue weighted by Gasteiger charge is 2.39. The van der Waals surface area contributed by atoms with Crippen molar-refractivity contribution < 1.29 is 28.5 Å². The number of hydrogen-bond donors (Lipinski definition) is 2. The number of hydrogen-bond acceptors (Lipinski definition) is 6. The second kappa shape index (κ2) is 9.93. The van der Waals surface area contributed by atoms with Gasteiger partial charge in [0.1, 0.15) is 18.0 Å². The number of β-amino-alcohol motifs (C(OH)–C–C–N with tert-alkyl or cyclic N) is 2. The minimum Gasteiger partial charge on any atom is -0.490 e. The molecule has 0 amide bonds. The van der Waals surface area contributed by atoms with Gasteiger partial charge in [0.05, 0.1) is 18.8 Å². The number of aliphatic hydroxyl groups is 2. The predicted octanol–water partition coefficient (Wildman–Crippen LogP) is 2.75. The zero-order valence-electron chi connectivity index (χ0n) is 19.0. The Bertz CT molecular complexity index is 952. The van der Waals surface area contributed by atoms with Crippen molar-refractivity contribution in [3.8, 4) is 5.75 Å². The van der Waals surface area contributed by atoms with Gasteiger partial charge in [0, 0.05) is 44.5 Å². The van der Waals surface area contributed by atoms with E-state index in [-0.39, 0.29) is 25.5 Å². The summed E-state index contributed by atoms with van der Waals surface area (Å²) >= 11 is 0. The Morgan fingerprint density at radius 1 is 1.00 bits per heavy atom. The van der Waals surface area contributed by atoms with Crippen molar-refractivity contribution in [2.75, 3.05) is 57.4 Å². The SMILES string of the molecule is Cc1ccccc1N1CCC(O)(CN2CCOC[C@](O)(COc3ccc(F)c(F)c3)C2)CC1. The number of ether oxygens (including phenoxy) is 2. The average molecular weight is 463 g/mol. The molecule has 0 radical (unpaired) electrons. The molecule has 180 valence electrons. The van der Waals surface area contributed by atoms with Gasteiger partial charge in [-0.3, -0.25) is 4.90 Å². The highest BCUT2D eigenvalue weighted by molar-refractivity contribution is 5.53. The van der Waals surface area contributed by atoms with Gasteiger partial charge in [-0.25, -0.2) is 8.78 Å². The van der Waals surface area contributed by atoms with Crippen LogP contribution in [0.1, 0.15) is 18.4 Å². The molecule has 2 heterocycles. The van der Waals surface area contributed by atoms with E-state index in [1.807, 2.05) is 17.0 Å². The van der Waals surface area contributed by atoms with E-state index in [1.54, 1.807) is 0 Å². The molecule has 0 unspecified atom stereocenters. The molecular weight excluding hydrogens is 430 g/mol. The highest BCUT2D eigenvalue weighted by atomic mass is 19.2. The van der Waals surface area contributed by atoms with Gasteiger partial charge < -0.3 is 24.6 Å². The Morgan fingerprint density at radius 3 is 2.48 bits per heavy atom. The van der Waals surface area contributed by atoms with Gasteiger partial charge in [-0.1, -0.05) is 18.2 Å². The van der Waals surface area contributed by atoms with Crippen molar-refractivity contribution in [3.05, 3.63) is 59.7 Å². The van der Waals surface area contributed by atoms with E-state index in [1.165, 1.54) is 17.3 Å². The van der Waals surface area contributed by atoms with Crippen LogP contribution < -0.4 is 9.64 Å². The Kier molecular flexibility index (Phi) is 7.19. The normalized spacial score (nSPS) is 23.8. The van der Waals surface area contributed by atoms with Gasteiger partial charge in [0.25, 0.3) is 0 Å². The number of benzene rings is 2. The van der Waals surface area contributed by atoms with Crippen LogP contribution in [0.3, 0.4) is 0 Å². The zero-order valence-corrected chi connectivity index (χ0v) is 19.0. The van der Waals surface area contributed by atoms with E-state index in [0.717, 1.165) is 25.2 Å². The first-order valence-electron chi connectivity index (χ1n) is 11.4. The van der Waals surface area contributed by atoms with Crippen LogP contribution in [0.5, 0.6) is 5.75 Å². The standard InChI is InChI=1S/C25H32F2N2O4/c1-19-4-2-3-5-23(19)29-10-8-24(30,9-11-29)15-28-12-13-32-17-25(31,16-28)18-33-20-6-7-21(26)22(27)14-20/h2-7,14,30-31H,8-13,15-18H2,1H3/t25-/m0/s1. The lowest BCUT2D eigenvalue weighted by Crippen LogP contribution is -2.55. The number of piperidine rings is 1. The molecule has 0 aliphatic carbocycles. The molecule has 0 aromatic heterocycles. The van der Waals surface area contributed by atoms with Crippen LogP contribution in [0, 0.1) is 18.6 Å². The number of rotatable bonds is 6. The third kappa shape index (κ3) is 6.00. The summed E-state index contributed by atoms with van der Waals surface area (Å²) in [6, 6.07) is 11.5. The molecule has 2 aromatic carbocycles. The fraction of sp³-hybridized carbons (Fsp3) is 0.520. The molecule has 2 saturated heterocycles. The largest absolute Gasteiger partial charge is 0.490 e. The molecule has 4 rings (SSSR count). The number of aryl methyl sites for hydroxylation is 1. The van der Waals surface area contributed by atoms with Crippen molar-refractivity contribution in [2.24, 2.45) is 0 Å². The van der Waals surface area contributed by atoms with Crippen LogP contribution in [0.4, 0.5) is 14.5 Å². The van der Waals surface area contributed by atoms with Crippen molar-refractivity contribution in [1.29, 1.82) is 0 Å². The fourth-order valence-electron chi connectivity index (χ4n) is 4.66. The van der Waals surface area contributed by atoms with E-state index in [2.05, 4.69) is 24.0 Å². The summed E-state index contributed by atoms with van der Waals surface area (Å²) in [4.78, 5) is 4.31. The van der Waals surface area contributed by atoms with Gasteiger partial charge in [-0.2, -0.15) is 0 Å². The second-order valence-corrected chi connectivity index (χ2v) is 9.35. The van der Waals surface area contributed by atoms with Crippen molar-refractivity contribution in [3.63, 3.8) is 0 Å². The van der Waals surface area contributed by atoms with Gasteiger partial charge in [-0.15, -0.1) is 0 Å². The lowest BCUT2D eigenvalue weighted by atomic mass is 9.89. The molecule has 2 aromatic rings. The maximum atomic E-state index is 13.4. The third-order valence-electron chi connectivity index (χ3n) is 6.51. The first-order chi connectivity index (χ1) is 15.8. The van der Waals surface area contributed by atoms with E-state index in [9.17, 15) is 19.0 Å². The van der Waals surface area contributed by atoms with Crippen molar-refractivity contribution >= 4 is 5.69 Å². The van der Waals surface area contributed by atoms with E-state index in [4.69, 9.17) is 9.47 Å². The Balaban J connectivity index is 1.34. The summed E-state index contributed by atoms with van der Waals surface area (Å²) in [5, 5.41) is 22.4. The predicted molar refractivity (Wildman–Crippen MR) is 122 cm³/mol. The lowest BCUT2D eigenvalue weighted by molar-refractivity contribution is -0.0743. The molecule has 2 aliphatic rings. The molecule has 2 fully saturated rings. The van der Waals surface area contributed by atoms with Crippen LogP contribution in [0.25, 0.3) is 0 Å². The molecule has 0 bridgehead atoms. The van der Waals surface area contributed by atoms with Crippen LogP contribution in [0.15, 0.2) is 42.5 Å². The topological polar surface area (TPSA) is 65.4 Å². The van der Waals surface area contributed by atoms with Crippen LogP contribution >= 0.6 is 0 Å². The first-order valence-corrected chi connectivity index (χ1v) is 11.4. The van der Waals surface area contributed by atoms with Crippen LogP contribution in [-0.2, 0) is 4.74 Å². The maximum Gasteiger partial charge on any atom is 0.162 e. The summed E-state index contributed by atoms with van der Waals surface area (Å²) in [7, 11) is 0. The summed E-state index contributed by atoms with van der Waals surface area (Å²) in [6.07, 6.45) is 1.25. The summed E-state index contributed by atoms with van der Waals surface area (Å²) in [5.41, 5.74) is 0.232. The van der Waals surface area contributed by atoms with E-state index >= 15 is 0 Å². The number of para-hydroxylation sites is 1. The summed E-state index contributed by atoms with van der Waals surface area (Å²) in [5.74, 6) is -1.82. The molecule has 6 nitrogen and oxygen atoms in total.